The van der Waals surface area contributed by atoms with Gasteiger partial charge in [0.25, 0.3) is 0 Å². The number of pyridine rings is 2. The Balaban J connectivity index is 1.39. The Labute approximate surface area is 277 Å². The van der Waals surface area contributed by atoms with E-state index in [-0.39, 0.29) is 0 Å². The van der Waals surface area contributed by atoms with E-state index in [1.54, 1.807) is 33.6 Å². The fourth-order valence-corrected chi connectivity index (χ4v) is 7.39. The van der Waals surface area contributed by atoms with Gasteiger partial charge in [-0.1, -0.05) is 29.1 Å². The van der Waals surface area contributed by atoms with Crippen molar-refractivity contribution in [2.75, 3.05) is 51.3 Å². The van der Waals surface area contributed by atoms with Crippen LogP contribution in [-0.4, -0.2) is 67.5 Å². The highest BCUT2D eigenvalue weighted by molar-refractivity contribution is 6.41. The van der Waals surface area contributed by atoms with Crippen molar-refractivity contribution >= 4 is 51.1 Å². The summed E-state index contributed by atoms with van der Waals surface area (Å²) < 4.78 is 25.0. The molecule has 2 atom stereocenters. The number of halogens is 2. The summed E-state index contributed by atoms with van der Waals surface area (Å²) >= 11 is 13.7. The van der Waals surface area contributed by atoms with E-state index in [0.29, 0.717) is 51.4 Å². The van der Waals surface area contributed by atoms with Crippen LogP contribution in [0.3, 0.4) is 0 Å². The van der Waals surface area contributed by atoms with Crippen molar-refractivity contribution in [2.24, 2.45) is 0 Å². The molecule has 0 radical (unpaired) electrons. The number of rotatable bonds is 8. The van der Waals surface area contributed by atoms with E-state index in [1.165, 1.54) is 0 Å². The lowest BCUT2D eigenvalue weighted by Gasteiger charge is -2.38. The van der Waals surface area contributed by atoms with E-state index < -0.39 is 0 Å². The zero-order valence-corrected chi connectivity index (χ0v) is 27.5. The van der Waals surface area contributed by atoms with Gasteiger partial charge in [-0.05, 0) is 38.0 Å². The predicted molar refractivity (Wildman–Crippen MR) is 183 cm³/mol. The molecular weight excluding hydrogens is 625 g/mol. The van der Waals surface area contributed by atoms with Crippen LogP contribution < -0.4 is 24.4 Å². The maximum Gasteiger partial charge on any atom is 0.145 e. The molecule has 1 N–H and O–H groups in total. The van der Waals surface area contributed by atoms with Crippen LogP contribution in [0.1, 0.15) is 19.8 Å². The monoisotopic (exact) mass is 657 g/mol. The van der Waals surface area contributed by atoms with Crippen LogP contribution in [0.25, 0.3) is 38.9 Å². The molecule has 236 valence electrons. The Morgan fingerprint density at radius 1 is 0.913 bits per heavy atom. The summed E-state index contributed by atoms with van der Waals surface area (Å²) in [6.07, 6.45) is 7.72. The summed E-state index contributed by atoms with van der Waals surface area (Å²) in [5, 5.41) is 5.17. The second kappa shape index (κ2) is 12.4. The summed E-state index contributed by atoms with van der Waals surface area (Å²) in [6, 6.07) is 10.6. The largest absolute Gasteiger partial charge is 0.496 e. The van der Waals surface area contributed by atoms with E-state index in [4.69, 9.17) is 52.1 Å². The molecule has 0 saturated carbocycles. The first-order valence-corrected chi connectivity index (χ1v) is 15.8. The number of hydrogen-bond donors (Lipinski definition) is 1. The van der Waals surface area contributed by atoms with Crippen LogP contribution in [0.2, 0.25) is 10.0 Å². The maximum atomic E-state index is 6.83. The number of methoxy groups -OCH3 is 3. The summed E-state index contributed by atoms with van der Waals surface area (Å²) in [6.45, 7) is 3.82. The van der Waals surface area contributed by atoms with E-state index in [1.807, 2.05) is 29.8 Å². The smallest absolute Gasteiger partial charge is 0.145 e. The number of benzene rings is 2. The molecule has 5 heterocycles. The molecule has 2 unspecified atom stereocenters. The first-order valence-electron chi connectivity index (χ1n) is 15.1. The van der Waals surface area contributed by atoms with Gasteiger partial charge in [-0.15, -0.1) is 5.92 Å². The van der Waals surface area contributed by atoms with Crippen molar-refractivity contribution in [1.82, 2.24) is 14.4 Å². The van der Waals surface area contributed by atoms with Gasteiger partial charge >= 0.3 is 0 Å². The van der Waals surface area contributed by atoms with Gasteiger partial charge in [-0.3, -0.25) is 9.38 Å². The number of aromatic nitrogens is 3. The van der Waals surface area contributed by atoms with Gasteiger partial charge in [-0.25, -0.2) is 4.98 Å². The zero-order chi connectivity index (χ0) is 31.9. The molecule has 2 saturated heterocycles. The molecule has 0 amide bonds. The first-order chi connectivity index (χ1) is 22.5. The van der Waals surface area contributed by atoms with E-state index >= 15 is 0 Å². The summed E-state index contributed by atoms with van der Waals surface area (Å²) in [7, 11) is 4.81. The SMILES string of the molecule is CC#CCNc1cc(-c2cc3c(cn2)cc(-c2c(Cl)c(OC)cc(OC)c2Cl)c2nccn23)c(OC)cc1N1C2CCC1COC2. The molecule has 5 aromatic rings. The molecule has 3 aromatic heterocycles. The van der Waals surface area contributed by atoms with Crippen molar-refractivity contribution in [3.8, 4) is 51.5 Å². The molecule has 11 heteroatoms. The highest BCUT2D eigenvalue weighted by Gasteiger charge is 2.39. The fourth-order valence-electron chi connectivity index (χ4n) is 6.69. The molecule has 2 fully saturated rings. The second-order valence-electron chi connectivity index (χ2n) is 11.3. The number of ether oxygens (including phenoxy) is 4. The third-order valence-electron chi connectivity index (χ3n) is 8.85. The molecule has 0 spiro atoms. The summed E-state index contributed by atoms with van der Waals surface area (Å²) in [4.78, 5) is 12.1. The lowest BCUT2D eigenvalue weighted by atomic mass is 10.0. The Hall–Kier alpha value is -4.36. The number of imidazole rings is 1. The molecule has 2 bridgehead atoms. The standard InChI is InChI=1S/C35H33Cl2N5O4/c1-5-6-9-38-26-13-23(29(43-2)15-28(26)42-21-7-8-22(42)19-46-18-21)25-14-27-20(17-40-25)12-24(35-39-10-11-41(27)35)32-33(36)30(44-3)16-31(45-4)34(32)37/h10-17,21-22,38H,7-9,18-19H2,1-4H3. The van der Waals surface area contributed by atoms with E-state index in [2.05, 4.69) is 40.3 Å². The number of anilines is 2. The number of fused-ring (bicyclic) bond motifs is 5. The molecule has 0 aliphatic carbocycles. The van der Waals surface area contributed by atoms with E-state index in [9.17, 15) is 0 Å². The Morgan fingerprint density at radius 3 is 2.30 bits per heavy atom. The predicted octanol–water partition coefficient (Wildman–Crippen LogP) is 7.35. The molecule has 2 aromatic carbocycles. The van der Waals surface area contributed by atoms with Gasteiger partial charge in [0.2, 0.25) is 0 Å². The maximum absolute atomic E-state index is 6.83. The molecular formula is C35H33Cl2N5O4. The van der Waals surface area contributed by atoms with Crippen molar-refractivity contribution in [1.29, 1.82) is 0 Å². The quantitative estimate of drug-likeness (QED) is 0.173. The average molecular weight is 659 g/mol. The number of nitrogens with one attached hydrogen (secondary N) is 1. The Bertz CT molecular complexity index is 1990. The van der Waals surface area contributed by atoms with Crippen LogP contribution in [-0.2, 0) is 4.74 Å². The Kier molecular flexibility index (Phi) is 8.20. The fraction of sp³-hybridized carbons (Fsp3) is 0.314. The summed E-state index contributed by atoms with van der Waals surface area (Å²) in [5.41, 5.74) is 6.58. The van der Waals surface area contributed by atoms with Crippen molar-refractivity contribution < 1.29 is 18.9 Å². The van der Waals surface area contributed by atoms with Gasteiger partial charge in [0.1, 0.15) is 22.9 Å². The average Bonchev–Trinajstić information content (AvgIpc) is 3.66. The third kappa shape index (κ3) is 5.01. The van der Waals surface area contributed by atoms with Gasteiger partial charge in [-0.2, -0.15) is 0 Å². The van der Waals surface area contributed by atoms with Crippen LogP contribution >= 0.6 is 23.2 Å². The normalized spacial score (nSPS) is 17.2. The summed E-state index contributed by atoms with van der Waals surface area (Å²) in [5.74, 6) is 7.76. The van der Waals surface area contributed by atoms with Gasteiger partial charge < -0.3 is 29.2 Å². The lowest BCUT2D eigenvalue weighted by molar-refractivity contribution is 0.0907. The minimum absolute atomic E-state index is 0.334. The number of hydrogen-bond acceptors (Lipinski definition) is 8. The molecule has 2 aliphatic rings. The van der Waals surface area contributed by atoms with Crippen molar-refractivity contribution in [3.63, 3.8) is 0 Å². The highest BCUT2D eigenvalue weighted by Crippen LogP contribution is 2.48. The molecule has 7 rings (SSSR count). The van der Waals surface area contributed by atoms with Crippen molar-refractivity contribution in [2.45, 2.75) is 31.8 Å². The second-order valence-corrected chi connectivity index (χ2v) is 12.0. The minimum atomic E-state index is 0.334. The van der Waals surface area contributed by atoms with Gasteiger partial charge in [0.05, 0.1) is 85.8 Å². The van der Waals surface area contributed by atoms with Crippen LogP contribution in [0.15, 0.2) is 48.9 Å². The van der Waals surface area contributed by atoms with Gasteiger partial charge in [0.15, 0.2) is 0 Å². The van der Waals surface area contributed by atoms with Crippen LogP contribution in [0.4, 0.5) is 11.4 Å². The minimum Gasteiger partial charge on any atom is -0.496 e. The van der Waals surface area contributed by atoms with Crippen LogP contribution in [0.5, 0.6) is 17.2 Å². The van der Waals surface area contributed by atoms with Crippen LogP contribution in [0, 0.1) is 11.8 Å². The molecule has 2 aliphatic heterocycles. The van der Waals surface area contributed by atoms with Gasteiger partial charge in [0, 0.05) is 52.8 Å². The number of nitrogens with zero attached hydrogens (tertiary/aromatic N) is 4. The third-order valence-corrected chi connectivity index (χ3v) is 9.60. The highest BCUT2D eigenvalue weighted by atomic mass is 35.5. The zero-order valence-electron chi connectivity index (χ0n) is 26.0. The molecule has 9 nitrogen and oxygen atoms in total. The topological polar surface area (TPSA) is 82.4 Å². The molecule has 46 heavy (non-hydrogen) atoms. The number of morpholine rings is 1. The van der Waals surface area contributed by atoms with Crippen molar-refractivity contribution in [3.05, 3.63) is 59.0 Å². The van der Waals surface area contributed by atoms with E-state index in [0.717, 1.165) is 70.9 Å². The lowest BCUT2D eigenvalue weighted by Crippen LogP contribution is -2.46. The Morgan fingerprint density at radius 2 is 1.63 bits per heavy atom. The first kappa shape index (κ1) is 30.3.